The number of hydrogen-bond acceptors (Lipinski definition) is 5. The molecule has 1 aromatic heterocycles. The maximum atomic E-state index is 15.6. The third kappa shape index (κ3) is 6.76. The van der Waals surface area contributed by atoms with Crippen LogP contribution >= 0.6 is 0 Å². The van der Waals surface area contributed by atoms with Crippen LogP contribution in [0.3, 0.4) is 0 Å². The number of aromatic nitrogens is 1. The number of carbonyl (C=O) groups is 1. The molecule has 1 saturated heterocycles. The number of alkyl halides is 1. The van der Waals surface area contributed by atoms with Gasteiger partial charge in [0.15, 0.2) is 17.5 Å². The summed E-state index contributed by atoms with van der Waals surface area (Å²) in [5, 5.41) is 12.7. The van der Waals surface area contributed by atoms with Gasteiger partial charge in [0.05, 0.1) is 25.2 Å². The third-order valence-electron chi connectivity index (χ3n) is 7.49. The van der Waals surface area contributed by atoms with Gasteiger partial charge in [0.25, 0.3) is 0 Å². The van der Waals surface area contributed by atoms with Crippen LogP contribution in [0.15, 0.2) is 36.5 Å². The number of anilines is 1. The summed E-state index contributed by atoms with van der Waals surface area (Å²) in [4.78, 5) is 17.8. The number of ether oxygens (including phenoxy) is 1. The second-order valence-corrected chi connectivity index (χ2v) is 10.0. The van der Waals surface area contributed by atoms with Crippen LogP contribution in [0, 0.1) is 28.7 Å². The predicted molar refractivity (Wildman–Crippen MR) is 137 cm³/mol. The summed E-state index contributed by atoms with van der Waals surface area (Å²) in [6.45, 7) is 1.93. The monoisotopic (exact) mass is 551 g/mol. The average molecular weight is 552 g/mol. The minimum atomic E-state index is -1.66. The fraction of sp³-hybridized carbons (Fsp3) is 0.429. The summed E-state index contributed by atoms with van der Waals surface area (Å²) >= 11 is 0. The Hall–Kier alpha value is -3.47. The molecule has 2 aromatic carbocycles. The normalized spacial score (nSPS) is 16.3. The highest BCUT2D eigenvalue weighted by Crippen LogP contribution is 2.43. The van der Waals surface area contributed by atoms with Crippen molar-refractivity contribution >= 4 is 22.6 Å². The van der Waals surface area contributed by atoms with E-state index >= 15 is 4.39 Å². The van der Waals surface area contributed by atoms with Gasteiger partial charge in [-0.1, -0.05) is 0 Å². The van der Waals surface area contributed by atoms with Gasteiger partial charge < -0.3 is 20.1 Å². The number of pyridine rings is 1. The van der Waals surface area contributed by atoms with E-state index in [2.05, 4.69) is 15.2 Å². The molecule has 0 amide bonds. The van der Waals surface area contributed by atoms with E-state index in [0.29, 0.717) is 55.7 Å². The van der Waals surface area contributed by atoms with Gasteiger partial charge in [0.2, 0.25) is 0 Å². The number of nitrogens with one attached hydrogen (secondary N) is 1. The Kier molecular flexibility index (Phi) is 8.89. The number of nitrogens with zero attached hydrogens (tertiary/aromatic N) is 2. The van der Waals surface area contributed by atoms with E-state index in [-0.39, 0.29) is 30.5 Å². The summed E-state index contributed by atoms with van der Waals surface area (Å²) in [5.41, 5.74) is -0.212. The van der Waals surface area contributed by atoms with Crippen molar-refractivity contribution in [2.24, 2.45) is 5.41 Å². The lowest BCUT2D eigenvalue weighted by atomic mass is 9.71. The molecule has 0 saturated carbocycles. The Bertz CT molecular complexity index is 1310. The molecule has 3 aromatic rings. The highest BCUT2D eigenvalue weighted by molar-refractivity contribution is 5.84. The fourth-order valence-electron chi connectivity index (χ4n) is 5.29. The van der Waals surface area contributed by atoms with Crippen LogP contribution < -0.4 is 10.1 Å². The number of halogens is 5. The highest BCUT2D eigenvalue weighted by Gasteiger charge is 2.37. The second-order valence-electron chi connectivity index (χ2n) is 10.0. The van der Waals surface area contributed by atoms with Crippen LogP contribution in [0.25, 0.3) is 10.9 Å². The standard InChI is InChI=1S/C28H30F5N3O3/c1-39-18-2-3-24-19(14-18)26(23(32)16-35-24)20(29)4-5-28(15-25(37)38)6-9-36(10-7-28)11-8-34-17-12-21(30)27(33)22(31)13-17/h2-3,12-14,16,20,34H,4-11,15H2,1H3,(H,37,38)/t20-/m0/s1. The zero-order valence-electron chi connectivity index (χ0n) is 21.5. The first kappa shape index (κ1) is 28.5. The molecule has 0 bridgehead atoms. The summed E-state index contributed by atoms with van der Waals surface area (Å²) in [6, 6.07) is 6.59. The van der Waals surface area contributed by atoms with Gasteiger partial charge in [0, 0.05) is 41.9 Å². The Morgan fingerprint density at radius 3 is 2.46 bits per heavy atom. The lowest BCUT2D eigenvalue weighted by molar-refractivity contribution is -0.141. The quantitative estimate of drug-likeness (QED) is 0.217. The number of carboxylic acids is 1. The molecule has 1 aliphatic rings. The van der Waals surface area contributed by atoms with Crippen LogP contribution in [0.4, 0.5) is 27.6 Å². The molecular formula is C28H30F5N3O3. The molecule has 0 spiro atoms. The molecule has 210 valence electrons. The van der Waals surface area contributed by atoms with Gasteiger partial charge in [-0.3, -0.25) is 9.78 Å². The van der Waals surface area contributed by atoms with E-state index in [9.17, 15) is 27.5 Å². The molecule has 39 heavy (non-hydrogen) atoms. The van der Waals surface area contributed by atoms with E-state index in [1.165, 1.54) is 7.11 Å². The van der Waals surface area contributed by atoms with Crippen molar-refractivity contribution in [1.82, 2.24) is 9.88 Å². The van der Waals surface area contributed by atoms with Gasteiger partial charge in [-0.15, -0.1) is 0 Å². The molecular weight excluding hydrogens is 521 g/mol. The van der Waals surface area contributed by atoms with Crippen molar-refractivity contribution in [3.63, 3.8) is 0 Å². The molecule has 1 fully saturated rings. The Labute approximate surface area is 222 Å². The lowest BCUT2D eigenvalue weighted by Gasteiger charge is -2.41. The van der Waals surface area contributed by atoms with Gasteiger partial charge in [-0.2, -0.15) is 0 Å². The number of rotatable bonds is 11. The Balaban J connectivity index is 1.38. The van der Waals surface area contributed by atoms with E-state index in [1.807, 2.05) is 0 Å². The average Bonchev–Trinajstić information content (AvgIpc) is 2.90. The first-order valence-corrected chi connectivity index (χ1v) is 12.7. The van der Waals surface area contributed by atoms with Crippen molar-refractivity contribution in [3.8, 4) is 5.75 Å². The van der Waals surface area contributed by atoms with Crippen molar-refractivity contribution in [2.45, 2.75) is 38.3 Å². The number of aliphatic carboxylic acids is 1. The molecule has 0 radical (unpaired) electrons. The highest BCUT2D eigenvalue weighted by atomic mass is 19.2. The van der Waals surface area contributed by atoms with Crippen LogP contribution in [0.5, 0.6) is 5.75 Å². The number of fused-ring (bicyclic) bond motifs is 1. The van der Waals surface area contributed by atoms with E-state index in [0.717, 1.165) is 18.3 Å². The maximum Gasteiger partial charge on any atom is 0.303 e. The van der Waals surface area contributed by atoms with Crippen molar-refractivity contribution < 1.29 is 36.6 Å². The number of hydrogen-bond donors (Lipinski definition) is 2. The maximum absolute atomic E-state index is 15.6. The molecule has 0 aliphatic carbocycles. The minimum absolute atomic E-state index is 0.0518. The third-order valence-corrected chi connectivity index (χ3v) is 7.49. The van der Waals surface area contributed by atoms with Gasteiger partial charge in [-0.25, -0.2) is 22.0 Å². The SMILES string of the molecule is COc1ccc2ncc(F)c([C@@H](F)CCC3(CC(=O)O)CCN(CCNc4cc(F)c(F)c(F)c4)CC3)c2c1. The number of methoxy groups -OCH3 is 1. The first-order chi connectivity index (χ1) is 18.6. The van der Waals surface area contributed by atoms with E-state index in [1.54, 1.807) is 18.2 Å². The zero-order valence-corrected chi connectivity index (χ0v) is 21.5. The second kappa shape index (κ2) is 12.1. The van der Waals surface area contributed by atoms with Gasteiger partial charge in [-0.05, 0) is 62.4 Å². The molecule has 1 atom stereocenters. The fourth-order valence-corrected chi connectivity index (χ4v) is 5.29. The van der Waals surface area contributed by atoms with Crippen molar-refractivity contribution in [3.05, 3.63) is 65.4 Å². The van der Waals surface area contributed by atoms with Gasteiger partial charge >= 0.3 is 5.97 Å². The van der Waals surface area contributed by atoms with Crippen LogP contribution in [-0.2, 0) is 4.79 Å². The Morgan fingerprint density at radius 1 is 1.13 bits per heavy atom. The van der Waals surface area contributed by atoms with E-state index < -0.39 is 40.8 Å². The smallest absolute Gasteiger partial charge is 0.303 e. The van der Waals surface area contributed by atoms with Gasteiger partial charge in [0.1, 0.15) is 17.7 Å². The first-order valence-electron chi connectivity index (χ1n) is 12.7. The summed E-state index contributed by atoms with van der Waals surface area (Å²) in [5.74, 6) is -5.38. The van der Waals surface area contributed by atoms with Crippen LogP contribution in [-0.4, -0.2) is 54.2 Å². The van der Waals surface area contributed by atoms with Crippen LogP contribution in [0.2, 0.25) is 0 Å². The summed E-state index contributed by atoms with van der Waals surface area (Å²) in [6.07, 6.45) is 0.404. The predicted octanol–water partition coefficient (Wildman–Crippen LogP) is 6.26. The molecule has 11 heteroatoms. The molecule has 2 N–H and O–H groups in total. The molecule has 0 unspecified atom stereocenters. The van der Waals surface area contributed by atoms with Crippen LogP contribution in [0.1, 0.15) is 43.8 Å². The minimum Gasteiger partial charge on any atom is -0.497 e. The summed E-state index contributed by atoms with van der Waals surface area (Å²) < 4.78 is 75.4. The van der Waals surface area contributed by atoms with Crippen molar-refractivity contribution in [1.29, 1.82) is 0 Å². The lowest BCUT2D eigenvalue weighted by Crippen LogP contribution is -2.43. The molecule has 6 nitrogen and oxygen atoms in total. The number of likely N-dealkylation sites (tertiary alicyclic amines) is 1. The van der Waals surface area contributed by atoms with Crippen molar-refractivity contribution in [2.75, 3.05) is 38.6 Å². The number of piperidine rings is 1. The largest absolute Gasteiger partial charge is 0.497 e. The topological polar surface area (TPSA) is 74.7 Å². The molecule has 1 aliphatic heterocycles. The summed E-state index contributed by atoms with van der Waals surface area (Å²) in [7, 11) is 1.46. The zero-order chi connectivity index (χ0) is 28.2. The number of carboxylic acid groups (broad SMARTS) is 1. The molecule has 4 rings (SSSR count). The Morgan fingerprint density at radius 2 is 1.82 bits per heavy atom. The molecule has 2 heterocycles. The number of benzene rings is 2. The van der Waals surface area contributed by atoms with E-state index in [4.69, 9.17) is 4.74 Å².